The number of Topliss-reactive ketones (excluding diaryl/α,β-unsaturated/α-hetero) is 1. The van der Waals surface area contributed by atoms with Crippen molar-refractivity contribution in [3.05, 3.63) is 48.0 Å². The molecule has 1 rings (SSSR count). The van der Waals surface area contributed by atoms with Crippen molar-refractivity contribution in [3.8, 4) is 0 Å². The van der Waals surface area contributed by atoms with E-state index in [1.807, 2.05) is 24.3 Å². The van der Waals surface area contributed by atoms with Gasteiger partial charge in [0.2, 0.25) is 0 Å². The predicted molar refractivity (Wildman–Crippen MR) is 68.8 cm³/mol. The standard InChI is InChI=1S/C15H18O2/c1-13(16)11-12-15(17)10-6-5-9-14-7-3-2-4-8-14/h2-4,6-8,10H,5,9,11-12H2,1H3/b10-6+. The Labute approximate surface area is 102 Å². The molecular formula is C15H18O2. The van der Waals surface area contributed by atoms with Gasteiger partial charge in [0.25, 0.3) is 0 Å². The Hall–Kier alpha value is -1.70. The lowest BCUT2D eigenvalue weighted by atomic mass is 10.1. The third-order valence-corrected chi connectivity index (χ3v) is 2.47. The maximum absolute atomic E-state index is 11.3. The first kappa shape index (κ1) is 13.4. The van der Waals surface area contributed by atoms with Gasteiger partial charge in [-0.1, -0.05) is 36.4 Å². The second kappa shape index (κ2) is 7.55. The minimum Gasteiger partial charge on any atom is -0.300 e. The lowest BCUT2D eigenvalue weighted by molar-refractivity contribution is -0.120. The molecule has 0 fully saturated rings. The molecule has 0 aliphatic heterocycles. The van der Waals surface area contributed by atoms with Gasteiger partial charge in [-0.25, -0.2) is 0 Å². The van der Waals surface area contributed by atoms with Crippen LogP contribution in [0.15, 0.2) is 42.5 Å². The molecule has 90 valence electrons. The molecule has 1 aromatic carbocycles. The molecule has 0 amide bonds. The van der Waals surface area contributed by atoms with E-state index >= 15 is 0 Å². The number of carbonyl (C=O) groups excluding carboxylic acids is 2. The van der Waals surface area contributed by atoms with Crippen LogP contribution in [0.5, 0.6) is 0 Å². The Kier molecular flexibility index (Phi) is 5.94. The molecule has 0 saturated heterocycles. The lowest BCUT2D eigenvalue weighted by Crippen LogP contribution is -1.97. The van der Waals surface area contributed by atoms with Gasteiger partial charge in [-0.05, 0) is 31.4 Å². The van der Waals surface area contributed by atoms with Gasteiger partial charge in [0.15, 0.2) is 5.78 Å². The molecule has 0 atom stereocenters. The summed E-state index contributed by atoms with van der Waals surface area (Å²) in [7, 11) is 0. The SMILES string of the molecule is CC(=O)CCC(=O)/C=C/CCc1ccccc1. The van der Waals surface area contributed by atoms with Gasteiger partial charge in [0.05, 0.1) is 0 Å². The summed E-state index contributed by atoms with van der Waals surface area (Å²) in [4.78, 5) is 22.0. The van der Waals surface area contributed by atoms with Crippen LogP contribution in [0.3, 0.4) is 0 Å². The number of carbonyl (C=O) groups is 2. The second-order valence-electron chi connectivity index (χ2n) is 4.09. The van der Waals surface area contributed by atoms with Crippen LogP contribution >= 0.6 is 0 Å². The summed E-state index contributed by atoms with van der Waals surface area (Å²) in [6, 6.07) is 10.2. The van der Waals surface area contributed by atoms with Crippen molar-refractivity contribution in [1.82, 2.24) is 0 Å². The van der Waals surface area contributed by atoms with Crippen LogP contribution in [-0.4, -0.2) is 11.6 Å². The number of hydrogen-bond acceptors (Lipinski definition) is 2. The first-order valence-corrected chi connectivity index (χ1v) is 5.91. The normalized spacial score (nSPS) is 10.6. The molecule has 0 heterocycles. The van der Waals surface area contributed by atoms with Crippen LogP contribution in [-0.2, 0) is 16.0 Å². The fourth-order valence-electron chi connectivity index (χ4n) is 1.49. The van der Waals surface area contributed by atoms with Gasteiger partial charge in [-0.2, -0.15) is 0 Å². The molecule has 0 bridgehead atoms. The Bertz CT molecular complexity index is 391. The van der Waals surface area contributed by atoms with E-state index in [4.69, 9.17) is 0 Å². The predicted octanol–water partition coefficient (Wildman–Crippen LogP) is 3.11. The molecular weight excluding hydrogens is 212 g/mol. The first-order valence-electron chi connectivity index (χ1n) is 5.91. The molecule has 1 aromatic rings. The number of benzene rings is 1. The number of rotatable bonds is 7. The average molecular weight is 230 g/mol. The summed E-state index contributed by atoms with van der Waals surface area (Å²) in [5.41, 5.74) is 1.27. The highest BCUT2D eigenvalue weighted by molar-refractivity contribution is 5.92. The van der Waals surface area contributed by atoms with Crippen LogP contribution in [0.4, 0.5) is 0 Å². The van der Waals surface area contributed by atoms with Crippen LogP contribution in [0, 0.1) is 0 Å². The molecule has 2 heteroatoms. The maximum Gasteiger partial charge on any atom is 0.155 e. The van der Waals surface area contributed by atoms with Gasteiger partial charge in [-0.3, -0.25) is 4.79 Å². The minimum absolute atomic E-state index is 0.0354. The summed E-state index contributed by atoms with van der Waals surface area (Å²) in [6.07, 6.45) is 5.95. The summed E-state index contributed by atoms with van der Waals surface area (Å²) in [5.74, 6) is 0.101. The highest BCUT2D eigenvalue weighted by Gasteiger charge is 1.99. The van der Waals surface area contributed by atoms with E-state index < -0.39 is 0 Å². The topological polar surface area (TPSA) is 34.1 Å². The largest absolute Gasteiger partial charge is 0.300 e. The summed E-state index contributed by atoms with van der Waals surface area (Å²) in [6.45, 7) is 1.51. The van der Waals surface area contributed by atoms with Crippen molar-refractivity contribution in [2.24, 2.45) is 0 Å². The van der Waals surface area contributed by atoms with Crippen molar-refractivity contribution in [2.75, 3.05) is 0 Å². The zero-order valence-corrected chi connectivity index (χ0v) is 10.2. The summed E-state index contributed by atoms with van der Waals surface area (Å²) >= 11 is 0. The number of allylic oxidation sites excluding steroid dienone is 2. The summed E-state index contributed by atoms with van der Waals surface area (Å²) in [5, 5.41) is 0. The van der Waals surface area contributed by atoms with E-state index in [1.165, 1.54) is 12.5 Å². The fraction of sp³-hybridized carbons (Fsp3) is 0.333. The Balaban J connectivity index is 2.22. The smallest absolute Gasteiger partial charge is 0.155 e. The zero-order chi connectivity index (χ0) is 12.5. The second-order valence-corrected chi connectivity index (χ2v) is 4.09. The Morgan fingerprint density at radius 3 is 2.47 bits per heavy atom. The van der Waals surface area contributed by atoms with Gasteiger partial charge >= 0.3 is 0 Å². The molecule has 0 aliphatic rings. The molecule has 0 saturated carbocycles. The third-order valence-electron chi connectivity index (χ3n) is 2.47. The van der Waals surface area contributed by atoms with Crippen molar-refractivity contribution in [2.45, 2.75) is 32.6 Å². The Morgan fingerprint density at radius 1 is 1.12 bits per heavy atom. The van der Waals surface area contributed by atoms with Gasteiger partial charge < -0.3 is 4.79 Å². The Morgan fingerprint density at radius 2 is 1.82 bits per heavy atom. The van der Waals surface area contributed by atoms with Gasteiger partial charge in [0, 0.05) is 12.8 Å². The molecule has 0 unspecified atom stereocenters. The van der Waals surface area contributed by atoms with E-state index in [0.717, 1.165) is 12.8 Å². The quantitative estimate of drug-likeness (QED) is 0.674. The average Bonchev–Trinajstić information content (AvgIpc) is 2.33. The lowest BCUT2D eigenvalue weighted by Gasteiger charge is -1.96. The van der Waals surface area contributed by atoms with E-state index in [1.54, 1.807) is 6.08 Å². The number of ketones is 2. The van der Waals surface area contributed by atoms with Gasteiger partial charge in [0.1, 0.15) is 5.78 Å². The van der Waals surface area contributed by atoms with Crippen molar-refractivity contribution in [3.63, 3.8) is 0 Å². The first-order chi connectivity index (χ1) is 8.18. The van der Waals surface area contributed by atoms with Gasteiger partial charge in [-0.15, -0.1) is 0 Å². The number of hydrogen-bond donors (Lipinski definition) is 0. The molecule has 0 N–H and O–H groups in total. The van der Waals surface area contributed by atoms with Crippen molar-refractivity contribution >= 4 is 11.6 Å². The third kappa shape index (κ3) is 6.46. The molecule has 0 spiro atoms. The molecule has 0 aliphatic carbocycles. The van der Waals surface area contributed by atoms with Crippen molar-refractivity contribution < 1.29 is 9.59 Å². The molecule has 17 heavy (non-hydrogen) atoms. The highest BCUT2D eigenvalue weighted by Crippen LogP contribution is 2.03. The monoisotopic (exact) mass is 230 g/mol. The minimum atomic E-state index is 0.0354. The molecule has 0 radical (unpaired) electrons. The van der Waals surface area contributed by atoms with E-state index in [2.05, 4.69) is 12.1 Å². The fourth-order valence-corrected chi connectivity index (χ4v) is 1.49. The summed E-state index contributed by atoms with van der Waals surface area (Å²) < 4.78 is 0. The van der Waals surface area contributed by atoms with E-state index in [9.17, 15) is 9.59 Å². The molecule has 2 nitrogen and oxygen atoms in total. The maximum atomic E-state index is 11.3. The zero-order valence-electron chi connectivity index (χ0n) is 10.2. The van der Waals surface area contributed by atoms with Crippen LogP contribution in [0.2, 0.25) is 0 Å². The van der Waals surface area contributed by atoms with Crippen LogP contribution in [0.25, 0.3) is 0 Å². The van der Waals surface area contributed by atoms with Crippen LogP contribution < -0.4 is 0 Å². The number of aryl methyl sites for hydroxylation is 1. The van der Waals surface area contributed by atoms with Crippen molar-refractivity contribution in [1.29, 1.82) is 0 Å². The highest BCUT2D eigenvalue weighted by atomic mass is 16.1. The van der Waals surface area contributed by atoms with E-state index in [-0.39, 0.29) is 11.6 Å². The van der Waals surface area contributed by atoms with Crippen LogP contribution in [0.1, 0.15) is 31.7 Å². The van der Waals surface area contributed by atoms with E-state index in [0.29, 0.717) is 12.8 Å². The molecule has 0 aromatic heterocycles.